The minimum Gasteiger partial charge on any atom is -1.00 e. The molecule has 4 aromatic carbocycles. The molecule has 0 saturated heterocycles. The van der Waals surface area contributed by atoms with Gasteiger partial charge in [-0.15, -0.1) is 0 Å². The van der Waals surface area contributed by atoms with Crippen molar-refractivity contribution in [3.63, 3.8) is 0 Å². The predicted molar refractivity (Wildman–Crippen MR) is 192 cm³/mol. The quantitative estimate of drug-likeness (QED) is 0.163. The van der Waals surface area contributed by atoms with E-state index in [9.17, 15) is 0 Å². The summed E-state index contributed by atoms with van der Waals surface area (Å²) in [5.41, 5.74) is 8.12. The first kappa shape index (κ1) is 32.9. The van der Waals surface area contributed by atoms with Crippen molar-refractivity contribution in [1.82, 2.24) is 0 Å². The molecule has 0 saturated carbocycles. The number of benzene rings is 4. The van der Waals surface area contributed by atoms with E-state index in [4.69, 9.17) is 30.2 Å². The number of halogens is 2. The molecule has 48 heavy (non-hydrogen) atoms. The normalized spacial score (nSPS) is 16.0. The second-order valence-electron chi connectivity index (χ2n) is 11.5. The lowest BCUT2D eigenvalue weighted by molar-refractivity contribution is -0.0000106. The van der Waals surface area contributed by atoms with Crippen LogP contribution >= 0.6 is 11.6 Å². The van der Waals surface area contributed by atoms with E-state index in [1.807, 2.05) is 72.8 Å². The largest absolute Gasteiger partial charge is 1.00 e. The number of methoxy groups -OCH3 is 2. The summed E-state index contributed by atoms with van der Waals surface area (Å²) in [6, 6.07) is 34.2. The van der Waals surface area contributed by atoms with Gasteiger partial charge in [0.05, 0.1) is 37.3 Å². The van der Waals surface area contributed by atoms with Gasteiger partial charge in [-0.2, -0.15) is 0 Å². The van der Waals surface area contributed by atoms with Crippen molar-refractivity contribution in [3.8, 4) is 28.6 Å². The average molecular weight is 674 g/mol. The molecule has 0 spiro atoms. The number of fused-ring (bicyclic) bond motifs is 2. The van der Waals surface area contributed by atoms with E-state index < -0.39 is 0 Å². The maximum atomic E-state index is 7.12. The van der Waals surface area contributed by atoms with Crippen LogP contribution in [0.3, 0.4) is 0 Å². The zero-order chi connectivity index (χ0) is 32.2. The summed E-state index contributed by atoms with van der Waals surface area (Å²) in [7, 11) is 3.33. The van der Waals surface area contributed by atoms with Gasteiger partial charge in [0.1, 0.15) is 23.0 Å². The fourth-order valence-corrected chi connectivity index (χ4v) is 6.31. The lowest BCUT2D eigenvalue weighted by atomic mass is 9.92. The van der Waals surface area contributed by atoms with E-state index in [1.165, 1.54) is 0 Å². The van der Waals surface area contributed by atoms with Gasteiger partial charge in [0, 0.05) is 27.8 Å². The molecule has 0 amide bonds. The molecule has 1 aromatic heterocycles. The van der Waals surface area contributed by atoms with Crippen LogP contribution in [0.2, 0.25) is 0 Å². The maximum Gasteiger partial charge on any atom is 0.365 e. The Morgan fingerprint density at radius 2 is 1.46 bits per heavy atom. The van der Waals surface area contributed by atoms with E-state index in [-0.39, 0.29) is 12.4 Å². The van der Waals surface area contributed by atoms with Crippen molar-refractivity contribution in [2.45, 2.75) is 19.3 Å². The molecule has 0 radical (unpaired) electrons. The molecule has 7 rings (SSSR count). The first-order chi connectivity index (χ1) is 23.1. The van der Waals surface area contributed by atoms with Crippen molar-refractivity contribution < 1.29 is 31.0 Å². The molecular weight excluding hydrogens is 639 g/mol. The molecule has 4 nitrogen and oxygen atoms in total. The average Bonchev–Trinajstić information content (AvgIpc) is 3.13. The number of ether oxygens (including phenoxy) is 3. The standard InChI is InChI=1S/C42H34ClO4.ClH/c1-44-34-20-22-36-32(24-38(46-40(36)26-34)28-10-5-3-6-11-28)18-16-30-14-9-15-31(42(30)43)17-19-33-25-39(29-12-7-4-8-13-29)47-41-27-35(45-2)21-23-37(33)41;/h3-8,10-13,16-27H,9,14-15H2,1-2H3;1H/q+1;/p-1. The third-order valence-electron chi connectivity index (χ3n) is 8.51. The molecule has 1 aliphatic heterocycles. The molecule has 5 aromatic rings. The topological polar surface area (TPSA) is 39.0 Å². The lowest BCUT2D eigenvalue weighted by Gasteiger charge is -2.21. The van der Waals surface area contributed by atoms with Crippen molar-refractivity contribution in [2.75, 3.05) is 14.2 Å². The highest BCUT2D eigenvalue weighted by Crippen LogP contribution is 2.40. The Morgan fingerprint density at radius 1 is 0.750 bits per heavy atom. The van der Waals surface area contributed by atoms with Crippen LogP contribution in [0.5, 0.6) is 17.2 Å². The summed E-state index contributed by atoms with van der Waals surface area (Å²) in [6.45, 7) is 0. The number of hydrogen-bond donors (Lipinski definition) is 0. The van der Waals surface area contributed by atoms with Crippen LogP contribution < -0.4 is 26.6 Å². The smallest absolute Gasteiger partial charge is 0.365 e. The van der Waals surface area contributed by atoms with Gasteiger partial charge in [0.2, 0.25) is 0 Å². The Morgan fingerprint density at radius 3 is 2.21 bits per heavy atom. The van der Waals surface area contributed by atoms with Crippen LogP contribution in [0.4, 0.5) is 0 Å². The zero-order valence-corrected chi connectivity index (χ0v) is 28.2. The molecule has 1 aliphatic carbocycles. The van der Waals surface area contributed by atoms with E-state index in [2.05, 4.69) is 60.7 Å². The van der Waals surface area contributed by atoms with Crippen LogP contribution in [-0.4, -0.2) is 14.2 Å². The maximum absolute atomic E-state index is 7.12. The van der Waals surface area contributed by atoms with Crippen LogP contribution in [0.1, 0.15) is 36.0 Å². The first-order valence-corrected chi connectivity index (χ1v) is 16.1. The summed E-state index contributed by atoms with van der Waals surface area (Å²) in [5.74, 6) is 3.85. The van der Waals surface area contributed by atoms with Gasteiger partial charge in [0.15, 0.2) is 0 Å². The Hall–Kier alpha value is -5.03. The lowest BCUT2D eigenvalue weighted by Crippen LogP contribution is -3.00. The Labute approximate surface area is 292 Å². The van der Waals surface area contributed by atoms with Crippen LogP contribution in [0.25, 0.3) is 39.7 Å². The van der Waals surface area contributed by atoms with E-state index in [0.717, 1.165) is 103 Å². The van der Waals surface area contributed by atoms with Crippen molar-refractivity contribution in [3.05, 3.63) is 160 Å². The molecule has 0 atom stereocenters. The van der Waals surface area contributed by atoms with Gasteiger partial charge in [-0.1, -0.05) is 84.4 Å². The molecule has 240 valence electrons. The SMILES string of the molecule is COc1ccc2c(c1)OC(c1ccccc1)=C/C2=C\C=C1/CCCC(/C=C/c2cc(-c3ccccc3)[o+]c3cc(OC)ccc23)=C1Cl.[Cl-]. The molecular formula is C42H34Cl2O4. The van der Waals surface area contributed by atoms with Crippen LogP contribution in [-0.2, 0) is 0 Å². The van der Waals surface area contributed by atoms with Crippen molar-refractivity contribution in [1.29, 1.82) is 0 Å². The van der Waals surface area contributed by atoms with Crippen molar-refractivity contribution in [2.24, 2.45) is 0 Å². The third kappa shape index (κ3) is 6.96. The van der Waals surface area contributed by atoms with Crippen LogP contribution in [0, 0.1) is 0 Å². The minimum atomic E-state index is 0. The highest BCUT2D eigenvalue weighted by atomic mass is 35.5. The van der Waals surface area contributed by atoms with Gasteiger partial charge in [-0.3, -0.25) is 0 Å². The summed E-state index contributed by atoms with van der Waals surface area (Å²) in [5, 5.41) is 1.80. The minimum absolute atomic E-state index is 0. The highest BCUT2D eigenvalue weighted by molar-refractivity contribution is 6.32. The molecule has 0 fully saturated rings. The third-order valence-corrected chi connectivity index (χ3v) is 9.00. The molecule has 2 aliphatic rings. The number of hydrogen-bond acceptors (Lipinski definition) is 3. The molecule has 0 unspecified atom stereocenters. The molecule has 0 N–H and O–H groups in total. The van der Waals surface area contributed by atoms with Crippen LogP contribution in [0.15, 0.2) is 148 Å². The number of rotatable bonds is 7. The fourth-order valence-electron chi connectivity index (χ4n) is 5.99. The molecule has 6 heteroatoms. The van der Waals surface area contributed by atoms with Gasteiger partial charge < -0.3 is 26.6 Å². The summed E-state index contributed by atoms with van der Waals surface area (Å²) < 4.78 is 23.6. The zero-order valence-electron chi connectivity index (χ0n) is 26.7. The Kier molecular flexibility index (Phi) is 10.1. The molecule has 0 bridgehead atoms. The van der Waals surface area contributed by atoms with Gasteiger partial charge in [0.25, 0.3) is 0 Å². The van der Waals surface area contributed by atoms with Gasteiger partial charge >= 0.3 is 11.3 Å². The summed E-state index contributed by atoms with van der Waals surface area (Å²) in [4.78, 5) is 0. The predicted octanol–water partition coefficient (Wildman–Crippen LogP) is 8.54. The second-order valence-corrected chi connectivity index (χ2v) is 11.9. The monoisotopic (exact) mass is 672 g/mol. The second kappa shape index (κ2) is 14.8. The fraction of sp³-hybridized carbons (Fsp3) is 0.119. The summed E-state index contributed by atoms with van der Waals surface area (Å²) >= 11 is 7.12. The van der Waals surface area contributed by atoms with E-state index >= 15 is 0 Å². The van der Waals surface area contributed by atoms with Gasteiger partial charge in [-0.05, 0) is 78.5 Å². The van der Waals surface area contributed by atoms with E-state index in [0.29, 0.717) is 0 Å². The van der Waals surface area contributed by atoms with Gasteiger partial charge in [-0.25, -0.2) is 4.42 Å². The molecule has 2 heterocycles. The van der Waals surface area contributed by atoms with E-state index in [1.54, 1.807) is 14.2 Å². The van der Waals surface area contributed by atoms with Crippen molar-refractivity contribution >= 4 is 40.0 Å². The summed E-state index contributed by atoms with van der Waals surface area (Å²) in [6.07, 6.45) is 13.5. The highest BCUT2D eigenvalue weighted by Gasteiger charge is 2.21. The first-order valence-electron chi connectivity index (χ1n) is 15.7. The Bertz CT molecular complexity index is 2110. The Balaban J connectivity index is 0.00000401. The number of allylic oxidation sites excluding steroid dienone is 8.